The number of anilines is 1. The molecule has 0 radical (unpaired) electrons. The molecule has 1 aliphatic rings. The zero-order chi connectivity index (χ0) is 13.0. The lowest BCUT2D eigenvalue weighted by molar-refractivity contribution is 0.202. The van der Waals surface area contributed by atoms with Crippen LogP contribution in [0.1, 0.15) is 24.6 Å². The first-order valence-electron chi connectivity index (χ1n) is 6.14. The number of hydrogen-bond donors (Lipinski definition) is 1. The van der Waals surface area contributed by atoms with E-state index in [1.54, 1.807) is 7.11 Å². The zero-order valence-corrected chi connectivity index (χ0v) is 12.1. The highest BCUT2D eigenvalue weighted by molar-refractivity contribution is 9.10. The predicted molar refractivity (Wildman–Crippen MR) is 72.9 cm³/mol. The quantitative estimate of drug-likeness (QED) is 0.774. The Hall–Kier alpha value is -0.720. The van der Waals surface area contributed by atoms with Crippen LogP contribution in [0.25, 0.3) is 0 Å². The maximum atomic E-state index is 9.12. The second kappa shape index (κ2) is 6.45. The molecular formula is C12H18BrN3O2. The van der Waals surface area contributed by atoms with Crippen LogP contribution in [0.5, 0.6) is 0 Å². The second-order valence-corrected chi connectivity index (χ2v) is 5.20. The van der Waals surface area contributed by atoms with Gasteiger partial charge in [-0.05, 0) is 28.8 Å². The molecule has 1 aromatic rings. The maximum Gasteiger partial charge on any atom is 0.135 e. The van der Waals surface area contributed by atoms with Crippen molar-refractivity contribution in [3.8, 4) is 0 Å². The third-order valence-electron chi connectivity index (χ3n) is 2.90. The van der Waals surface area contributed by atoms with Gasteiger partial charge in [-0.15, -0.1) is 0 Å². The number of halogens is 1. The number of ether oxygens (including phenoxy) is 1. The summed E-state index contributed by atoms with van der Waals surface area (Å²) in [6.45, 7) is 1.98. The van der Waals surface area contributed by atoms with Crippen molar-refractivity contribution in [2.45, 2.75) is 18.8 Å². The van der Waals surface area contributed by atoms with Crippen molar-refractivity contribution in [3.63, 3.8) is 0 Å². The van der Waals surface area contributed by atoms with Crippen molar-refractivity contribution in [1.82, 2.24) is 9.97 Å². The Morgan fingerprint density at radius 2 is 2.22 bits per heavy atom. The van der Waals surface area contributed by atoms with Gasteiger partial charge in [0.2, 0.25) is 0 Å². The third-order valence-corrected chi connectivity index (χ3v) is 3.31. The molecule has 0 spiro atoms. The number of aromatic nitrogens is 2. The molecule has 2 rings (SSSR count). The first-order chi connectivity index (χ1) is 8.74. The average Bonchev–Trinajstić information content (AvgIpc) is 3.17. The number of rotatable bonds is 7. The van der Waals surface area contributed by atoms with Crippen LogP contribution in [0.4, 0.5) is 5.82 Å². The van der Waals surface area contributed by atoms with Crippen LogP contribution in [0.3, 0.4) is 0 Å². The predicted octanol–water partition coefficient (Wildman–Crippen LogP) is 1.56. The Kier molecular flexibility index (Phi) is 4.91. The SMILES string of the molecule is COCCN(CCO)c1cc(Br)nc(C2CC2)n1. The van der Waals surface area contributed by atoms with Crippen LogP contribution in [-0.2, 0) is 4.74 Å². The van der Waals surface area contributed by atoms with Crippen LogP contribution in [0.15, 0.2) is 10.7 Å². The molecule has 1 aliphatic carbocycles. The van der Waals surface area contributed by atoms with Crippen LogP contribution in [0.2, 0.25) is 0 Å². The number of aliphatic hydroxyl groups is 1. The lowest BCUT2D eigenvalue weighted by Gasteiger charge is -2.22. The van der Waals surface area contributed by atoms with Gasteiger partial charge in [-0.1, -0.05) is 0 Å². The Bertz CT molecular complexity index is 399. The van der Waals surface area contributed by atoms with Gasteiger partial charge >= 0.3 is 0 Å². The van der Waals surface area contributed by atoms with E-state index in [-0.39, 0.29) is 6.61 Å². The van der Waals surface area contributed by atoms with Gasteiger partial charge in [0.05, 0.1) is 13.2 Å². The largest absolute Gasteiger partial charge is 0.395 e. The molecule has 1 fully saturated rings. The highest BCUT2D eigenvalue weighted by atomic mass is 79.9. The third kappa shape index (κ3) is 3.63. The van der Waals surface area contributed by atoms with E-state index in [0.29, 0.717) is 25.6 Å². The number of methoxy groups -OCH3 is 1. The van der Waals surface area contributed by atoms with Crippen LogP contribution < -0.4 is 4.90 Å². The summed E-state index contributed by atoms with van der Waals surface area (Å²) in [5.74, 6) is 2.27. The minimum absolute atomic E-state index is 0.101. The van der Waals surface area contributed by atoms with E-state index in [1.165, 1.54) is 12.8 Å². The van der Waals surface area contributed by atoms with E-state index in [1.807, 2.05) is 11.0 Å². The average molecular weight is 316 g/mol. The van der Waals surface area contributed by atoms with E-state index in [4.69, 9.17) is 9.84 Å². The fourth-order valence-corrected chi connectivity index (χ4v) is 2.16. The van der Waals surface area contributed by atoms with Gasteiger partial charge in [-0.25, -0.2) is 9.97 Å². The molecule has 18 heavy (non-hydrogen) atoms. The Morgan fingerprint density at radius 3 is 2.83 bits per heavy atom. The molecule has 1 aromatic heterocycles. The van der Waals surface area contributed by atoms with E-state index < -0.39 is 0 Å². The summed E-state index contributed by atoms with van der Waals surface area (Å²) >= 11 is 3.43. The van der Waals surface area contributed by atoms with Crippen molar-refractivity contribution in [3.05, 3.63) is 16.5 Å². The molecule has 1 N–H and O–H groups in total. The standard InChI is InChI=1S/C12H18BrN3O2/c1-18-7-5-16(4-6-17)11-8-10(13)14-12(15-11)9-2-3-9/h8-9,17H,2-7H2,1H3. The van der Waals surface area contributed by atoms with Crippen LogP contribution in [0, 0.1) is 0 Å². The van der Waals surface area contributed by atoms with Crippen LogP contribution in [-0.4, -0.2) is 48.5 Å². The summed E-state index contributed by atoms with van der Waals surface area (Å²) in [6.07, 6.45) is 2.35. The lowest BCUT2D eigenvalue weighted by Crippen LogP contribution is -2.31. The van der Waals surface area contributed by atoms with E-state index in [9.17, 15) is 0 Å². The molecule has 6 heteroatoms. The topological polar surface area (TPSA) is 58.5 Å². The summed E-state index contributed by atoms with van der Waals surface area (Å²) in [6, 6.07) is 1.89. The van der Waals surface area contributed by atoms with Gasteiger partial charge < -0.3 is 14.7 Å². The fraction of sp³-hybridized carbons (Fsp3) is 0.667. The van der Waals surface area contributed by atoms with Crippen LogP contribution >= 0.6 is 15.9 Å². The normalized spacial score (nSPS) is 14.8. The molecule has 1 saturated carbocycles. The first kappa shape index (κ1) is 13.7. The van der Waals surface area contributed by atoms with Crippen molar-refractivity contribution >= 4 is 21.7 Å². The molecule has 0 bridgehead atoms. The van der Waals surface area contributed by atoms with E-state index in [2.05, 4.69) is 25.9 Å². The van der Waals surface area contributed by atoms with E-state index >= 15 is 0 Å². The molecule has 0 amide bonds. The monoisotopic (exact) mass is 315 g/mol. The number of hydrogen-bond acceptors (Lipinski definition) is 5. The number of aliphatic hydroxyl groups excluding tert-OH is 1. The molecule has 100 valence electrons. The minimum Gasteiger partial charge on any atom is -0.395 e. The molecule has 5 nitrogen and oxygen atoms in total. The molecular weight excluding hydrogens is 298 g/mol. The van der Waals surface area contributed by atoms with Gasteiger partial charge in [0.1, 0.15) is 16.2 Å². The maximum absolute atomic E-state index is 9.12. The summed E-state index contributed by atoms with van der Waals surface area (Å²) in [5, 5.41) is 9.12. The Labute approximate surface area is 115 Å². The molecule has 0 unspecified atom stereocenters. The van der Waals surface area contributed by atoms with Gasteiger partial charge in [0.25, 0.3) is 0 Å². The van der Waals surface area contributed by atoms with Crippen molar-refractivity contribution in [2.24, 2.45) is 0 Å². The Morgan fingerprint density at radius 1 is 1.44 bits per heavy atom. The highest BCUT2D eigenvalue weighted by Crippen LogP contribution is 2.39. The van der Waals surface area contributed by atoms with Crippen molar-refractivity contribution in [2.75, 3.05) is 38.3 Å². The van der Waals surface area contributed by atoms with Crippen molar-refractivity contribution < 1.29 is 9.84 Å². The van der Waals surface area contributed by atoms with Gasteiger partial charge in [0.15, 0.2) is 0 Å². The molecule has 0 saturated heterocycles. The highest BCUT2D eigenvalue weighted by Gasteiger charge is 2.27. The Balaban J connectivity index is 2.16. The van der Waals surface area contributed by atoms with Crippen molar-refractivity contribution in [1.29, 1.82) is 0 Å². The van der Waals surface area contributed by atoms with E-state index in [0.717, 1.165) is 16.2 Å². The fourth-order valence-electron chi connectivity index (χ4n) is 1.77. The summed E-state index contributed by atoms with van der Waals surface area (Å²) < 4.78 is 5.88. The van der Waals surface area contributed by atoms with Gasteiger partial charge in [-0.2, -0.15) is 0 Å². The first-order valence-corrected chi connectivity index (χ1v) is 6.93. The molecule has 0 aliphatic heterocycles. The molecule has 0 atom stereocenters. The second-order valence-electron chi connectivity index (χ2n) is 4.38. The van der Waals surface area contributed by atoms with Gasteiger partial charge in [0, 0.05) is 32.2 Å². The van der Waals surface area contributed by atoms with Gasteiger partial charge in [-0.3, -0.25) is 0 Å². The smallest absolute Gasteiger partial charge is 0.135 e. The minimum atomic E-state index is 0.101. The molecule has 1 heterocycles. The molecule has 0 aromatic carbocycles. The summed E-state index contributed by atoms with van der Waals surface area (Å²) in [7, 11) is 1.67. The number of nitrogens with zero attached hydrogens (tertiary/aromatic N) is 3. The lowest BCUT2D eigenvalue weighted by atomic mass is 10.3. The summed E-state index contributed by atoms with van der Waals surface area (Å²) in [4.78, 5) is 11.0. The summed E-state index contributed by atoms with van der Waals surface area (Å²) in [5.41, 5.74) is 0. The zero-order valence-electron chi connectivity index (χ0n) is 10.5.